The maximum Gasteiger partial charge on any atom is 0.236 e. The van der Waals surface area contributed by atoms with E-state index in [2.05, 4.69) is 10.3 Å². The normalized spacial score (nSPS) is 12.6. The topological polar surface area (TPSA) is 72.4 Å². The van der Waals surface area contributed by atoms with E-state index in [1.54, 1.807) is 6.92 Å². The van der Waals surface area contributed by atoms with Crippen molar-refractivity contribution in [3.63, 3.8) is 0 Å². The van der Waals surface area contributed by atoms with Crippen molar-refractivity contribution >= 4 is 11.6 Å². The number of nitrogens with two attached hydrogens (primary N) is 1. The van der Waals surface area contributed by atoms with Crippen LogP contribution in [-0.4, -0.2) is 27.9 Å². The predicted molar refractivity (Wildman–Crippen MR) is 65.6 cm³/mol. The molecule has 0 saturated carbocycles. The maximum atomic E-state index is 11.2. The van der Waals surface area contributed by atoms with Crippen LogP contribution in [0.2, 0.25) is 0 Å². The largest absolute Gasteiger partial charge is 0.354 e. The van der Waals surface area contributed by atoms with Gasteiger partial charge in [-0.05, 0) is 19.1 Å². The van der Waals surface area contributed by atoms with Gasteiger partial charge in [0, 0.05) is 25.4 Å². The first kappa shape index (κ1) is 11.6. The van der Waals surface area contributed by atoms with Crippen molar-refractivity contribution in [1.29, 1.82) is 0 Å². The summed E-state index contributed by atoms with van der Waals surface area (Å²) in [6.07, 6.45) is 4.62. The smallest absolute Gasteiger partial charge is 0.236 e. The summed E-state index contributed by atoms with van der Waals surface area (Å²) in [4.78, 5) is 15.7. The Bertz CT molecular complexity index is 485. The Hall–Kier alpha value is -1.88. The van der Waals surface area contributed by atoms with E-state index in [4.69, 9.17) is 5.73 Å². The van der Waals surface area contributed by atoms with Gasteiger partial charge in [-0.15, -0.1) is 0 Å². The van der Waals surface area contributed by atoms with Crippen LogP contribution in [0.5, 0.6) is 0 Å². The summed E-state index contributed by atoms with van der Waals surface area (Å²) in [5, 5.41) is 2.76. The molecule has 5 nitrogen and oxygen atoms in total. The van der Waals surface area contributed by atoms with Crippen molar-refractivity contribution in [2.45, 2.75) is 19.4 Å². The third-order valence-corrected chi connectivity index (χ3v) is 2.51. The average Bonchev–Trinajstić information content (AvgIpc) is 2.71. The summed E-state index contributed by atoms with van der Waals surface area (Å²) >= 11 is 0. The fourth-order valence-corrected chi connectivity index (χ4v) is 1.58. The molecule has 0 aliphatic heterocycles. The van der Waals surface area contributed by atoms with Crippen LogP contribution in [-0.2, 0) is 11.2 Å². The van der Waals surface area contributed by atoms with Crippen LogP contribution in [0.1, 0.15) is 12.6 Å². The number of amides is 1. The van der Waals surface area contributed by atoms with E-state index >= 15 is 0 Å². The van der Waals surface area contributed by atoms with E-state index in [1.165, 1.54) is 0 Å². The van der Waals surface area contributed by atoms with Crippen molar-refractivity contribution in [3.05, 3.63) is 36.3 Å². The molecule has 0 bridgehead atoms. The van der Waals surface area contributed by atoms with E-state index in [-0.39, 0.29) is 5.91 Å². The van der Waals surface area contributed by atoms with Gasteiger partial charge in [0.2, 0.25) is 5.91 Å². The molecule has 5 heteroatoms. The van der Waals surface area contributed by atoms with E-state index < -0.39 is 6.04 Å². The van der Waals surface area contributed by atoms with Gasteiger partial charge in [0.05, 0.1) is 11.7 Å². The first-order valence-electron chi connectivity index (χ1n) is 5.63. The highest BCUT2D eigenvalue weighted by Crippen LogP contribution is 2.04. The lowest BCUT2D eigenvalue weighted by Gasteiger charge is -2.05. The first-order chi connectivity index (χ1) is 8.16. The zero-order chi connectivity index (χ0) is 12.3. The fourth-order valence-electron chi connectivity index (χ4n) is 1.58. The van der Waals surface area contributed by atoms with Crippen molar-refractivity contribution in [2.75, 3.05) is 6.54 Å². The second-order valence-corrected chi connectivity index (χ2v) is 4.03. The summed E-state index contributed by atoms with van der Waals surface area (Å²) in [6, 6.07) is 5.39. The number of nitrogens with one attached hydrogen (secondary N) is 1. The van der Waals surface area contributed by atoms with Crippen LogP contribution in [0.15, 0.2) is 30.6 Å². The Morgan fingerprint density at radius 3 is 3.12 bits per heavy atom. The van der Waals surface area contributed by atoms with Crippen LogP contribution >= 0.6 is 0 Å². The highest BCUT2D eigenvalue weighted by molar-refractivity contribution is 5.80. The van der Waals surface area contributed by atoms with Crippen molar-refractivity contribution in [1.82, 2.24) is 14.7 Å². The SMILES string of the molecule is C[C@@H](N)C(=O)NCCc1cn2ccccc2n1. The summed E-state index contributed by atoms with van der Waals surface area (Å²) in [7, 11) is 0. The van der Waals surface area contributed by atoms with E-state index in [1.807, 2.05) is 35.0 Å². The van der Waals surface area contributed by atoms with Gasteiger partial charge in [-0.1, -0.05) is 6.07 Å². The molecule has 1 amide bonds. The quantitative estimate of drug-likeness (QED) is 0.798. The monoisotopic (exact) mass is 232 g/mol. The van der Waals surface area contributed by atoms with Gasteiger partial charge in [0.15, 0.2) is 0 Å². The van der Waals surface area contributed by atoms with Crippen molar-refractivity contribution in [2.24, 2.45) is 5.73 Å². The number of imidazole rings is 1. The number of fused-ring (bicyclic) bond motifs is 1. The fraction of sp³-hybridized carbons (Fsp3) is 0.333. The summed E-state index contributed by atoms with van der Waals surface area (Å²) in [6.45, 7) is 2.23. The van der Waals surface area contributed by atoms with Crippen molar-refractivity contribution < 1.29 is 4.79 Å². The molecule has 0 radical (unpaired) electrons. The summed E-state index contributed by atoms with van der Waals surface area (Å²) in [5.41, 5.74) is 7.32. The van der Waals surface area contributed by atoms with Crippen LogP contribution in [0.25, 0.3) is 5.65 Å². The van der Waals surface area contributed by atoms with Gasteiger partial charge in [-0.25, -0.2) is 4.98 Å². The lowest BCUT2D eigenvalue weighted by atomic mass is 10.3. The Kier molecular flexibility index (Phi) is 3.39. The predicted octanol–water partition coefficient (Wildman–Crippen LogP) is 0.340. The molecule has 1 atom stereocenters. The minimum atomic E-state index is -0.462. The summed E-state index contributed by atoms with van der Waals surface area (Å²) in [5.74, 6) is -0.131. The number of carbonyl (C=O) groups is 1. The Morgan fingerprint density at radius 2 is 2.41 bits per heavy atom. The molecule has 2 aromatic rings. The molecule has 17 heavy (non-hydrogen) atoms. The second kappa shape index (κ2) is 4.97. The number of aromatic nitrogens is 2. The lowest BCUT2D eigenvalue weighted by Crippen LogP contribution is -2.39. The number of hydrogen-bond donors (Lipinski definition) is 2. The zero-order valence-corrected chi connectivity index (χ0v) is 9.76. The number of pyridine rings is 1. The minimum absolute atomic E-state index is 0.131. The highest BCUT2D eigenvalue weighted by Gasteiger charge is 2.06. The van der Waals surface area contributed by atoms with Gasteiger partial charge < -0.3 is 15.5 Å². The number of hydrogen-bond acceptors (Lipinski definition) is 3. The third kappa shape index (κ3) is 2.82. The van der Waals surface area contributed by atoms with E-state index in [0.717, 1.165) is 11.3 Å². The molecule has 0 aliphatic rings. The van der Waals surface area contributed by atoms with E-state index in [9.17, 15) is 4.79 Å². The molecule has 3 N–H and O–H groups in total. The molecule has 0 fully saturated rings. The van der Waals surface area contributed by atoms with Gasteiger partial charge in [-0.2, -0.15) is 0 Å². The molecular formula is C12H16N4O. The van der Waals surface area contributed by atoms with Crippen molar-refractivity contribution in [3.8, 4) is 0 Å². The lowest BCUT2D eigenvalue weighted by molar-refractivity contribution is -0.121. The molecule has 90 valence electrons. The Balaban J connectivity index is 1.93. The number of rotatable bonds is 4. The maximum absolute atomic E-state index is 11.2. The van der Waals surface area contributed by atoms with Crippen LogP contribution < -0.4 is 11.1 Å². The zero-order valence-electron chi connectivity index (χ0n) is 9.76. The minimum Gasteiger partial charge on any atom is -0.354 e. The summed E-state index contributed by atoms with van der Waals surface area (Å²) < 4.78 is 1.96. The molecule has 0 spiro atoms. The second-order valence-electron chi connectivity index (χ2n) is 4.03. The van der Waals surface area contributed by atoms with Gasteiger partial charge in [0.25, 0.3) is 0 Å². The molecule has 0 unspecified atom stereocenters. The number of nitrogens with zero attached hydrogens (tertiary/aromatic N) is 2. The molecular weight excluding hydrogens is 216 g/mol. The number of carbonyl (C=O) groups excluding carboxylic acids is 1. The Morgan fingerprint density at radius 1 is 1.59 bits per heavy atom. The van der Waals surface area contributed by atoms with Gasteiger partial charge in [-0.3, -0.25) is 4.79 Å². The standard InChI is InChI=1S/C12H16N4O/c1-9(13)12(17)14-6-5-10-8-16-7-3-2-4-11(16)15-10/h2-4,7-9H,5-6,13H2,1H3,(H,14,17)/t9-/m1/s1. The molecule has 2 aromatic heterocycles. The molecule has 0 aromatic carbocycles. The molecule has 2 heterocycles. The molecule has 2 rings (SSSR count). The third-order valence-electron chi connectivity index (χ3n) is 2.51. The Labute approximate surface area is 99.6 Å². The van der Waals surface area contributed by atoms with Gasteiger partial charge in [0.1, 0.15) is 5.65 Å². The highest BCUT2D eigenvalue weighted by atomic mass is 16.2. The van der Waals surface area contributed by atoms with E-state index in [0.29, 0.717) is 13.0 Å². The van der Waals surface area contributed by atoms with Crippen LogP contribution in [0.4, 0.5) is 0 Å². The van der Waals surface area contributed by atoms with Gasteiger partial charge >= 0.3 is 0 Å². The average molecular weight is 232 g/mol. The van der Waals surface area contributed by atoms with Crippen LogP contribution in [0.3, 0.4) is 0 Å². The first-order valence-corrected chi connectivity index (χ1v) is 5.63. The molecule has 0 saturated heterocycles. The van der Waals surface area contributed by atoms with Crippen LogP contribution in [0, 0.1) is 0 Å². The molecule has 0 aliphatic carbocycles.